The monoisotopic (exact) mass is 236 g/mol. The van der Waals surface area contributed by atoms with E-state index in [4.69, 9.17) is 0 Å². The Balaban J connectivity index is 2.58. The molecule has 2 heteroatoms. The van der Waals surface area contributed by atoms with Crippen molar-refractivity contribution >= 4 is 0 Å². The summed E-state index contributed by atoms with van der Waals surface area (Å²) in [6.07, 6.45) is 8.14. The number of nitrogens with zero attached hydrogens (tertiary/aromatic N) is 1. The van der Waals surface area contributed by atoms with E-state index in [1.165, 1.54) is 18.4 Å². The molecular weight excluding hydrogens is 208 g/mol. The van der Waals surface area contributed by atoms with Gasteiger partial charge in [0.05, 0.1) is 0 Å². The maximum atomic E-state index is 3.60. The van der Waals surface area contributed by atoms with Gasteiger partial charge in [0.25, 0.3) is 0 Å². The van der Waals surface area contributed by atoms with Crippen LogP contribution in [0.3, 0.4) is 0 Å². The molecule has 0 aliphatic rings. The third kappa shape index (κ3) is 4.55. The van der Waals surface area contributed by atoms with Crippen LogP contribution in [0.2, 0.25) is 0 Å². The predicted molar refractivity (Wildman–Crippen MR) is 75.2 cm³/mol. The first kappa shape index (κ1) is 14.3. The van der Waals surface area contributed by atoms with Crippen molar-refractivity contribution < 1.29 is 0 Å². The summed E-state index contributed by atoms with van der Waals surface area (Å²) in [6, 6.07) is 2.78. The van der Waals surface area contributed by atoms with E-state index < -0.39 is 0 Å². The summed E-state index contributed by atoms with van der Waals surface area (Å²) < 4.78 is 2.33. The molecule has 0 aliphatic carbocycles. The van der Waals surface area contributed by atoms with Gasteiger partial charge in [-0.05, 0) is 36.9 Å². The fraction of sp³-hybridized carbons (Fsp3) is 0.733. The van der Waals surface area contributed by atoms with E-state index in [0.29, 0.717) is 6.04 Å². The van der Waals surface area contributed by atoms with Gasteiger partial charge in [-0.25, -0.2) is 0 Å². The topological polar surface area (TPSA) is 17.0 Å². The van der Waals surface area contributed by atoms with E-state index in [1.54, 1.807) is 0 Å². The fourth-order valence-corrected chi connectivity index (χ4v) is 2.08. The van der Waals surface area contributed by atoms with E-state index in [0.717, 1.165) is 25.4 Å². The molecule has 1 aromatic heterocycles. The van der Waals surface area contributed by atoms with Gasteiger partial charge in [0, 0.05) is 25.0 Å². The SMILES string of the molecule is CCCNC(CC)c1ccn(CC(C)CC)c1. The Morgan fingerprint density at radius 1 is 1.24 bits per heavy atom. The van der Waals surface area contributed by atoms with Gasteiger partial charge in [0.1, 0.15) is 0 Å². The number of nitrogens with one attached hydrogen (secondary N) is 1. The van der Waals surface area contributed by atoms with Crippen LogP contribution in [-0.2, 0) is 6.54 Å². The summed E-state index contributed by atoms with van der Waals surface area (Å²) in [4.78, 5) is 0. The van der Waals surface area contributed by atoms with Crippen molar-refractivity contribution in [1.82, 2.24) is 9.88 Å². The van der Waals surface area contributed by atoms with Crippen molar-refractivity contribution in [2.45, 2.75) is 59.5 Å². The molecule has 0 saturated carbocycles. The molecule has 0 spiro atoms. The van der Waals surface area contributed by atoms with E-state index in [1.807, 2.05) is 0 Å². The largest absolute Gasteiger partial charge is 0.354 e. The highest BCUT2D eigenvalue weighted by Gasteiger charge is 2.10. The molecule has 1 heterocycles. The Morgan fingerprint density at radius 3 is 2.59 bits per heavy atom. The van der Waals surface area contributed by atoms with Crippen LogP contribution in [0.1, 0.15) is 58.6 Å². The first-order valence-electron chi connectivity index (χ1n) is 7.10. The highest BCUT2D eigenvalue weighted by atomic mass is 15.0. The van der Waals surface area contributed by atoms with E-state index in [9.17, 15) is 0 Å². The third-order valence-corrected chi connectivity index (χ3v) is 3.44. The zero-order chi connectivity index (χ0) is 12.7. The lowest BCUT2D eigenvalue weighted by Crippen LogP contribution is -2.21. The maximum Gasteiger partial charge on any atom is 0.0332 e. The summed E-state index contributed by atoms with van der Waals surface area (Å²) in [5.74, 6) is 0.763. The lowest BCUT2D eigenvalue weighted by Gasteiger charge is -2.15. The Morgan fingerprint density at radius 2 is 2.00 bits per heavy atom. The number of aromatic nitrogens is 1. The quantitative estimate of drug-likeness (QED) is 0.722. The van der Waals surface area contributed by atoms with E-state index >= 15 is 0 Å². The molecule has 0 aromatic carbocycles. The standard InChI is InChI=1S/C15H28N2/c1-5-9-16-15(7-3)14-8-10-17(12-14)11-13(4)6-2/h8,10,12-13,15-16H,5-7,9,11H2,1-4H3. The smallest absolute Gasteiger partial charge is 0.0332 e. The minimum Gasteiger partial charge on any atom is -0.354 e. The average molecular weight is 236 g/mol. The highest BCUT2D eigenvalue weighted by Crippen LogP contribution is 2.18. The van der Waals surface area contributed by atoms with Crippen molar-refractivity contribution in [3.63, 3.8) is 0 Å². The van der Waals surface area contributed by atoms with Gasteiger partial charge in [-0.15, -0.1) is 0 Å². The van der Waals surface area contributed by atoms with Crippen LogP contribution in [0.5, 0.6) is 0 Å². The van der Waals surface area contributed by atoms with Crippen LogP contribution in [0.25, 0.3) is 0 Å². The molecule has 17 heavy (non-hydrogen) atoms. The van der Waals surface area contributed by atoms with Crippen LogP contribution < -0.4 is 5.32 Å². The molecular formula is C15H28N2. The normalized spacial score (nSPS) is 14.8. The van der Waals surface area contributed by atoms with Crippen molar-refractivity contribution in [2.75, 3.05) is 6.54 Å². The molecule has 0 fully saturated rings. The molecule has 0 amide bonds. The summed E-state index contributed by atoms with van der Waals surface area (Å²) in [6.45, 7) is 11.3. The fourth-order valence-electron chi connectivity index (χ4n) is 2.08. The summed E-state index contributed by atoms with van der Waals surface area (Å²) >= 11 is 0. The Kier molecular flexibility index (Phi) is 6.35. The van der Waals surface area contributed by atoms with Crippen molar-refractivity contribution in [3.8, 4) is 0 Å². The number of hydrogen-bond donors (Lipinski definition) is 1. The van der Waals surface area contributed by atoms with E-state index in [-0.39, 0.29) is 0 Å². The van der Waals surface area contributed by atoms with Crippen LogP contribution in [0.15, 0.2) is 18.5 Å². The molecule has 1 N–H and O–H groups in total. The molecule has 98 valence electrons. The van der Waals surface area contributed by atoms with Crippen LogP contribution in [0.4, 0.5) is 0 Å². The second-order valence-electron chi connectivity index (χ2n) is 5.07. The van der Waals surface area contributed by atoms with Gasteiger partial charge in [-0.1, -0.05) is 34.1 Å². The highest BCUT2D eigenvalue weighted by molar-refractivity contribution is 5.15. The van der Waals surface area contributed by atoms with Gasteiger partial charge in [-0.2, -0.15) is 0 Å². The molecule has 0 aliphatic heterocycles. The van der Waals surface area contributed by atoms with E-state index in [2.05, 4.69) is 56.0 Å². The molecule has 0 radical (unpaired) electrons. The Labute approximate surface area is 106 Å². The Bertz CT molecular complexity index is 304. The second kappa shape index (κ2) is 7.54. The molecule has 2 atom stereocenters. The van der Waals surface area contributed by atoms with Crippen LogP contribution in [0, 0.1) is 5.92 Å². The summed E-state index contributed by atoms with van der Waals surface area (Å²) in [5.41, 5.74) is 1.43. The van der Waals surface area contributed by atoms with Gasteiger partial charge < -0.3 is 9.88 Å². The number of rotatable bonds is 8. The minimum atomic E-state index is 0.521. The zero-order valence-electron chi connectivity index (χ0n) is 11.9. The minimum absolute atomic E-state index is 0.521. The van der Waals surface area contributed by atoms with Crippen molar-refractivity contribution in [1.29, 1.82) is 0 Å². The summed E-state index contributed by atoms with van der Waals surface area (Å²) in [5, 5.41) is 3.60. The number of hydrogen-bond acceptors (Lipinski definition) is 1. The van der Waals surface area contributed by atoms with Gasteiger partial charge in [0.15, 0.2) is 0 Å². The summed E-state index contributed by atoms with van der Waals surface area (Å²) in [7, 11) is 0. The third-order valence-electron chi connectivity index (χ3n) is 3.44. The van der Waals surface area contributed by atoms with Crippen molar-refractivity contribution in [3.05, 3.63) is 24.0 Å². The lowest BCUT2D eigenvalue weighted by atomic mass is 10.1. The molecule has 2 unspecified atom stereocenters. The average Bonchev–Trinajstić information content (AvgIpc) is 2.78. The molecule has 0 saturated heterocycles. The maximum absolute atomic E-state index is 3.60. The molecule has 2 nitrogen and oxygen atoms in total. The van der Waals surface area contributed by atoms with Gasteiger partial charge in [0.2, 0.25) is 0 Å². The van der Waals surface area contributed by atoms with Crippen LogP contribution in [-0.4, -0.2) is 11.1 Å². The van der Waals surface area contributed by atoms with Gasteiger partial charge >= 0.3 is 0 Å². The second-order valence-corrected chi connectivity index (χ2v) is 5.07. The Hall–Kier alpha value is -0.760. The molecule has 1 rings (SSSR count). The predicted octanol–water partition coefficient (Wildman–Crippen LogP) is 3.98. The van der Waals surface area contributed by atoms with Crippen molar-refractivity contribution in [2.24, 2.45) is 5.92 Å². The lowest BCUT2D eigenvalue weighted by molar-refractivity contribution is 0.466. The van der Waals surface area contributed by atoms with Crippen LogP contribution >= 0.6 is 0 Å². The molecule has 1 aromatic rings. The van der Waals surface area contributed by atoms with Gasteiger partial charge in [-0.3, -0.25) is 0 Å². The first-order chi connectivity index (χ1) is 8.21. The first-order valence-corrected chi connectivity index (χ1v) is 7.10. The molecule has 0 bridgehead atoms. The zero-order valence-corrected chi connectivity index (χ0v) is 11.9.